The van der Waals surface area contributed by atoms with Gasteiger partial charge >= 0.3 is 5.97 Å². The van der Waals surface area contributed by atoms with Crippen LogP contribution in [0, 0.1) is 0 Å². The Balaban J connectivity index is 1.89. The molecular weight excluding hydrogens is 480 g/mol. The monoisotopic (exact) mass is 500 g/mol. The molecule has 2 heterocycles. The number of phenolic OH excluding ortho intramolecular Hbond substituents is 3. The number of para-hydroxylation sites is 1. The molecule has 186 valence electrons. The van der Waals surface area contributed by atoms with E-state index in [9.17, 15) is 29.7 Å². The number of hydrogen-bond donors (Lipinski definition) is 3. The first-order chi connectivity index (χ1) is 17.8. The Morgan fingerprint density at radius 1 is 0.946 bits per heavy atom. The van der Waals surface area contributed by atoms with E-state index in [2.05, 4.69) is 0 Å². The van der Waals surface area contributed by atoms with Gasteiger partial charge < -0.3 is 28.9 Å². The summed E-state index contributed by atoms with van der Waals surface area (Å²) >= 11 is 0. The van der Waals surface area contributed by atoms with Crippen LogP contribution in [0.4, 0.5) is 0 Å². The summed E-state index contributed by atoms with van der Waals surface area (Å²) in [6.07, 6.45) is 0.665. The van der Waals surface area contributed by atoms with Crippen LogP contribution in [0.15, 0.2) is 85.4 Å². The third-order valence-electron chi connectivity index (χ3n) is 6.22. The van der Waals surface area contributed by atoms with Gasteiger partial charge in [-0.25, -0.2) is 0 Å². The van der Waals surface area contributed by atoms with Crippen LogP contribution >= 0.6 is 0 Å². The molecule has 0 fully saturated rings. The molecule has 2 aromatic heterocycles. The van der Waals surface area contributed by atoms with Gasteiger partial charge in [0.25, 0.3) is 0 Å². The number of methoxy groups -OCH3 is 1. The average Bonchev–Trinajstić information content (AvgIpc) is 2.91. The lowest BCUT2D eigenvalue weighted by Crippen LogP contribution is -2.19. The topological polar surface area (TPSA) is 147 Å². The van der Waals surface area contributed by atoms with E-state index in [-0.39, 0.29) is 27.9 Å². The van der Waals surface area contributed by atoms with Gasteiger partial charge in [-0.15, -0.1) is 0 Å². The molecule has 9 nitrogen and oxygen atoms in total. The Bertz CT molecular complexity index is 1780. The lowest BCUT2D eigenvalue weighted by Gasteiger charge is -2.20. The summed E-state index contributed by atoms with van der Waals surface area (Å²) in [5.41, 5.74) is -1.01. The first kappa shape index (κ1) is 23.7. The van der Waals surface area contributed by atoms with Crippen molar-refractivity contribution in [3.05, 3.63) is 98.5 Å². The third-order valence-corrected chi connectivity index (χ3v) is 6.22. The van der Waals surface area contributed by atoms with Crippen molar-refractivity contribution in [3.63, 3.8) is 0 Å². The molecule has 0 bridgehead atoms. The highest BCUT2D eigenvalue weighted by Crippen LogP contribution is 2.49. The fraction of sp³-hybridized carbons (Fsp3) is 0.107. The van der Waals surface area contributed by atoms with Crippen LogP contribution in [0.2, 0.25) is 0 Å². The van der Waals surface area contributed by atoms with Crippen molar-refractivity contribution < 1.29 is 33.7 Å². The standard InChI is InChI=1S/C28H20O9/c1-35-21(30)11-16(17-13-36-19-10-6-5-9-15(19)24(17)31)22-25(32)27(34)26(33)23-18(29)12-20(37-28(22)23)14-7-3-2-4-8-14/h2-10,12-13,16,32-34H,11H2,1H3/t16-/m0/s1. The van der Waals surface area contributed by atoms with E-state index in [4.69, 9.17) is 13.6 Å². The number of fused-ring (bicyclic) bond motifs is 2. The van der Waals surface area contributed by atoms with Crippen LogP contribution in [0.3, 0.4) is 0 Å². The summed E-state index contributed by atoms with van der Waals surface area (Å²) in [7, 11) is 1.15. The van der Waals surface area contributed by atoms with E-state index in [1.807, 2.05) is 0 Å². The van der Waals surface area contributed by atoms with Crippen molar-refractivity contribution in [3.8, 4) is 28.6 Å². The minimum Gasteiger partial charge on any atom is -0.504 e. The Hall–Kier alpha value is -5.05. The fourth-order valence-electron chi connectivity index (χ4n) is 4.39. The SMILES string of the molecule is COC(=O)C[C@@H](c1coc2ccccc2c1=O)c1c(O)c(O)c(O)c2c(=O)cc(-c3ccccc3)oc12. The molecule has 1 atom stereocenters. The molecule has 0 unspecified atom stereocenters. The van der Waals surface area contributed by atoms with Gasteiger partial charge in [0.1, 0.15) is 22.3 Å². The number of hydrogen-bond acceptors (Lipinski definition) is 9. The zero-order chi connectivity index (χ0) is 26.3. The maximum Gasteiger partial charge on any atom is 0.306 e. The minimum atomic E-state index is -1.28. The maximum absolute atomic E-state index is 13.5. The van der Waals surface area contributed by atoms with Crippen LogP contribution in [0.1, 0.15) is 23.5 Å². The van der Waals surface area contributed by atoms with Crippen LogP contribution in [-0.2, 0) is 9.53 Å². The molecule has 5 aromatic rings. The second-order valence-corrected chi connectivity index (χ2v) is 8.35. The lowest BCUT2D eigenvalue weighted by molar-refractivity contribution is -0.140. The summed E-state index contributed by atoms with van der Waals surface area (Å²) in [6, 6.07) is 16.2. The van der Waals surface area contributed by atoms with Crippen molar-refractivity contribution in [1.82, 2.24) is 0 Å². The molecule has 0 amide bonds. The largest absolute Gasteiger partial charge is 0.504 e. The van der Waals surface area contributed by atoms with Crippen molar-refractivity contribution >= 4 is 27.9 Å². The summed E-state index contributed by atoms with van der Waals surface area (Å²) in [5.74, 6) is -4.68. The molecule has 3 aromatic carbocycles. The molecular formula is C28H20O9. The molecule has 0 aliphatic carbocycles. The van der Waals surface area contributed by atoms with Gasteiger partial charge in [-0.2, -0.15) is 0 Å². The molecule has 0 aliphatic rings. The first-order valence-corrected chi connectivity index (χ1v) is 11.2. The average molecular weight is 500 g/mol. The van der Waals surface area contributed by atoms with Crippen LogP contribution < -0.4 is 10.9 Å². The summed E-state index contributed by atoms with van der Waals surface area (Å²) in [4.78, 5) is 39.0. The number of ether oxygens (including phenoxy) is 1. The van der Waals surface area contributed by atoms with E-state index in [1.54, 1.807) is 54.6 Å². The number of benzene rings is 3. The summed E-state index contributed by atoms with van der Waals surface area (Å²) in [6.45, 7) is 0. The van der Waals surface area contributed by atoms with Gasteiger partial charge in [-0.3, -0.25) is 14.4 Å². The molecule has 0 spiro atoms. The van der Waals surface area contributed by atoms with E-state index in [0.29, 0.717) is 11.1 Å². The molecule has 3 N–H and O–H groups in total. The van der Waals surface area contributed by atoms with Crippen LogP contribution in [0.5, 0.6) is 17.2 Å². The second-order valence-electron chi connectivity index (χ2n) is 8.35. The van der Waals surface area contributed by atoms with E-state index >= 15 is 0 Å². The van der Waals surface area contributed by atoms with E-state index in [0.717, 1.165) is 19.4 Å². The Morgan fingerprint density at radius 2 is 1.65 bits per heavy atom. The number of rotatable bonds is 5. The highest BCUT2D eigenvalue weighted by atomic mass is 16.5. The molecule has 0 radical (unpaired) electrons. The van der Waals surface area contributed by atoms with Crippen molar-refractivity contribution in [2.75, 3.05) is 7.11 Å². The number of carbonyl (C=O) groups excluding carboxylic acids is 1. The first-order valence-electron chi connectivity index (χ1n) is 11.2. The quantitative estimate of drug-likeness (QED) is 0.236. The summed E-state index contributed by atoms with van der Waals surface area (Å²) < 4.78 is 16.4. The highest BCUT2D eigenvalue weighted by molar-refractivity contribution is 5.94. The molecule has 0 saturated carbocycles. The smallest absolute Gasteiger partial charge is 0.306 e. The molecule has 9 heteroatoms. The summed E-state index contributed by atoms with van der Waals surface area (Å²) in [5, 5.41) is 31.8. The van der Waals surface area contributed by atoms with E-state index in [1.165, 1.54) is 0 Å². The normalized spacial score (nSPS) is 12.0. The molecule has 5 rings (SSSR count). The minimum absolute atomic E-state index is 0.0569. The van der Waals surface area contributed by atoms with Gasteiger partial charge in [-0.05, 0) is 12.1 Å². The van der Waals surface area contributed by atoms with Gasteiger partial charge in [0.2, 0.25) is 5.75 Å². The molecule has 0 saturated heterocycles. The van der Waals surface area contributed by atoms with Crippen LogP contribution in [0.25, 0.3) is 33.3 Å². The third kappa shape index (κ3) is 3.96. The van der Waals surface area contributed by atoms with Gasteiger partial charge in [0.05, 0.1) is 25.2 Å². The number of phenols is 3. The van der Waals surface area contributed by atoms with Crippen LogP contribution in [-0.4, -0.2) is 28.4 Å². The number of carbonyl (C=O) groups is 1. The number of aromatic hydroxyl groups is 3. The Labute approximate surface area is 208 Å². The zero-order valence-corrected chi connectivity index (χ0v) is 19.4. The molecule has 0 aliphatic heterocycles. The molecule has 37 heavy (non-hydrogen) atoms. The van der Waals surface area contributed by atoms with Gasteiger partial charge in [-0.1, -0.05) is 42.5 Å². The lowest BCUT2D eigenvalue weighted by atomic mass is 9.86. The van der Waals surface area contributed by atoms with Gasteiger partial charge in [0, 0.05) is 28.7 Å². The predicted molar refractivity (Wildman–Crippen MR) is 134 cm³/mol. The van der Waals surface area contributed by atoms with Crippen molar-refractivity contribution in [2.24, 2.45) is 0 Å². The van der Waals surface area contributed by atoms with E-state index < -0.39 is 51.8 Å². The van der Waals surface area contributed by atoms with Crippen molar-refractivity contribution in [2.45, 2.75) is 12.3 Å². The maximum atomic E-state index is 13.5. The second kappa shape index (κ2) is 9.19. The number of esters is 1. The predicted octanol–water partition coefficient (Wildman–Crippen LogP) is 4.38. The highest BCUT2D eigenvalue weighted by Gasteiger charge is 2.33. The van der Waals surface area contributed by atoms with Gasteiger partial charge in [0.15, 0.2) is 22.4 Å². The Morgan fingerprint density at radius 3 is 2.38 bits per heavy atom. The van der Waals surface area contributed by atoms with Crippen molar-refractivity contribution in [1.29, 1.82) is 0 Å². The zero-order valence-electron chi connectivity index (χ0n) is 19.4. The Kier molecular flexibility index (Phi) is 5.88. The fourth-order valence-corrected chi connectivity index (χ4v) is 4.39.